The highest BCUT2D eigenvalue weighted by Crippen LogP contribution is 2.05. The fourth-order valence-corrected chi connectivity index (χ4v) is 4.89. The van der Waals surface area contributed by atoms with E-state index in [2.05, 4.69) is 47.9 Å². The van der Waals surface area contributed by atoms with Crippen LogP contribution in [0, 0.1) is 0 Å². The lowest BCUT2D eigenvalue weighted by Crippen LogP contribution is -2.66. The maximum Gasteiger partial charge on any atom is 0.253 e. The SMILES string of the molecule is CNCC(CNC)(CNCCNCC(CNC)(CNC)NC(=S)NCCCN1C(=O)C=CC1=O)NC(C)=O. The molecule has 0 fully saturated rings. The van der Waals surface area contributed by atoms with Crippen LogP contribution in [0.1, 0.15) is 13.3 Å². The highest BCUT2D eigenvalue weighted by Gasteiger charge is 2.31. The summed E-state index contributed by atoms with van der Waals surface area (Å²) in [7, 11) is 7.53. The van der Waals surface area contributed by atoms with Crippen LogP contribution < -0.4 is 47.9 Å². The van der Waals surface area contributed by atoms with Gasteiger partial charge in [0.2, 0.25) is 5.91 Å². The Hall–Kier alpha value is -2.20. The Morgan fingerprint density at radius 1 is 0.763 bits per heavy atom. The molecule has 0 aliphatic carbocycles. The minimum Gasteiger partial charge on any atom is -0.363 e. The lowest BCUT2D eigenvalue weighted by Gasteiger charge is -2.36. The molecule has 0 aromatic carbocycles. The number of amides is 3. The number of imide groups is 1. The van der Waals surface area contributed by atoms with Crippen LogP contribution in [-0.2, 0) is 14.4 Å². The molecule has 0 atom stereocenters. The van der Waals surface area contributed by atoms with Gasteiger partial charge in [0.05, 0.1) is 11.1 Å². The van der Waals surface area contributed by atoms with Crippen LogP contribution in [0.2, 0.25) is 0 Å². The highest BCUT2D eigenvalue weighted by molar-refractivity contribution is 7.80. The molecule has 0 radical (unpaired) electrons. The second kappa shape index (κ2) is 18.2. The molecule has 0 saturated carbocycles. The summed E-state index contributed by atoms with van der Waals surface area (Å²) in [5.74, 6) is -0.614. The van der Waals surface area contributed by atoms with Gasteiger partial charge in [0.1, 0.15) is 0 Å². The first-order valence-corrected chi connectivity index (χ1v) is 13.5. The molecule has 1 heterocycles. The quantitative estimate of drug-likeness (QED) is 0.0389. The van der Waals surface area contributed by atoms with E-state index in [0.717, 1.165) is 13.1 Å². The smallest absolute Gasteiger partial charge is 0.253 e. The van der Waals surface area contributed by atoms with Crippen LogP contribution in [0.4, 0.5) is 0 Å². The maximum absolute atomic E-state index is 11.8. The van der Waals surface area contributed by atoms with Gasteiger partial charge in [0.25, 0.3) is 11.8 Å². The number of carbonyl (C=O) groups is 3. The summed E-state index contributed by atoms with van der Waals surface area (Å²) >= 11 is 5.55. The second-order valence-electron chi connectivity index (χ2n) is 9.61. The van der Waals surface area contributed by atoms with Gasteiger partial charge < -0.3 is 47.9 Å². The van der Waals surface area contributed by atoms with Crippen LogP contribution >= 0.6 is 12.2 Å². The van der Waals surface area contributed by atoms with Crippen LogP contribution in [0.5, 0.6) is 0 Å². The number of likely N-dealkylation sites (N-methyl/N-ethyl adjacent to an activating group) is 4. The van der Waals surface area contributed by atoms with Crippen LogP contribution in [-0.4, -0.2) is 132 Å². The summed E-state index contributed by atoms with van der Waals surface area (Å²) in [6.45, 7) is 7.70. The zero-order valence-electron chi connectivity index (χ0n) is 23.5. The Balaban J connectivity index is 2.53. The molecule has 3 amide bonds. The minimum atomic E-state index is -0.428. The fraction of sp³-hybridized carbons (Fsp3) is 0.750. The second-order valence-corrected chi connectivity index (χ2v) is 10.0. The molecule has 218 valence electrons. The van der Waals surface area contributed by atoms with Crippen LogP contribution in [0.3, 0.4) is 0 Å². The van der Waals surface area contributed by atoms with Crippen molar-refractivity contribution in [3.05, 3.63) is 12.2 Å². The number of hydrogen-bond acceptors (Lipinski definition) is 10. The molecular formula is C24H48N10O3S. The molecule has 0 unspecified atom stereocenters. The van der Waals surface area contributed by atoms with Gasteiger partial charge in [-0.05, 0) is 46.8 Å². The molecule has 0 bridgehead atoms. The summed E-state index contributed by atoms with van der Waals surface area (Å²) in [6, 6.07) is 0. The average molecular weight is 557 g/mol. The number of hydrogen-bond donors (Lipinski definition) is 9. The Labute approximate surface area is 232 Å². The molecule has 14 heteroatoms. The number of nitrogens with one attached hydrogen (secondary N) is 9. The van der Waals surface area contributed by atoms with E-state index < -0.39 is 11.1 Å². The Bertz CT molecular complexity index is 765. The highest BCUT2D eigenvalue weighted by atomic mass is 32.1. The molecule has 0 aromatic heterocycles. The van der Waals surface area contributed by atoms with Crippen LogP contribution in [0.25, 0.3) is 0 Å². The topological polar surface area (TPSA) is 163 Å². The van der Waals surface area contributed by atoms with Gasteiger partial charge in [-0.1, -0.05) is 0 Å². The maximum atomic E-state index is 11.8. The zero-order chi connectivity index (χ0) is 28.4. The first-order valence-electron chi connectivity index (χ1n) is 13.0. The van der Waals surface area contributed by atoms with Crippen molar-refractivity contribution in [1.82, 2.24) is 52.8 Å². The number of nitrogens with zero attached hydrogens (tertiary/aromatic N) is 1. The van der Waals surface area contributed by atoms with Crippen molar-refractivity contribution in [2.45, 2.75) is 24.4 Å². The standard InChI is InChI=1S/C24H48N10O3S/c1-19(35)32-23(13-25-2,14-26-3)17-29-10-11-30-18-24(15-27-4,16-28-5)33-22(38)31-9-6-12-34-20(36)7-8-21(34)37/h7-8,25-30H,6,9-18H2,1-5H3,(H,32,35)(H2,31,33,38). The lowest BCUT2D eigenvalue weighted by atomic mass is 9.98. The van der Waals surface area contributed by atoms with Crippen molar-refractivity contribution >= 4 is 35.1 Å². The van der Waals surface area contributed by atoms with E-state index in [4.69, 9.17) is 12.2 Å². The van der Waals surface area contributed by atoms with Gasteiger partial charge in [-0.25, -0.2) is 0 Å². The Kier molecular flexibility index (Phi) is 16.2. The summed E-state index contributed by atoms with van der Waals surface area (Å²) < 4.78 is 0. The van der Waals surface area contributed by atoms with Gasteiger partial charge in [-0.3, -0.25) is 19.3 Å². The van der Waals surface area contributed by atoms with Crippen molar-refractivity contribution in [2.75, 3.05) is 93.6 Å². The van der Waals surface area contributed by atoms with E-state index in [9.17, 15) is 14.4 Å². The summed E-state index contributed by atoms with van der Waals surface area (Å²) in [5, 5.41) is 30.0. The third-order valence-corrected chi connectivity index (χ3v) is 6.28. The summed E-state index contributed by atoms with van der Waals surface area (Å²) in [5.41, 5.74) is -0.820. The van der Waals surface area contributed by atoms with E-state index >= 15 is 0 Å². The van der Waals surface area contributed by atoms with Crippen molar-refractivity contribution in [3.63, 3.8) is 0 Å². The monoisotopic (exact) mass is 556 g/mol. The molecule has 1 rings (SSSR count). The normalized spacial score (nSPS) is 13.8. The van der Waals surface area contributed by atoms with Crippen molar-refractivity contribution < 1.29 is 14.4 Å². The zero-order valence-corrected chi connectivity index (χ0v) is 24.3. The first kappa shape index (κ1) is 33.8. The predicted molar refractivity (Wildman–Crippen MR) is 155 cm³/mol. The molecule has 0 spiro atoms. The molecule has 38 heavy (non-hydrogen) atoms. The number of thiocarbonyl (C=S) groups is 1. The van der Waals surface area contributed by atoms with Crippen molar-refractivity contribution in [2.24, 2.45) is 0 Å². The van der Waals surface area contributed by atoms with E-state index in [1.807, 2.05) is 28.2 Å². The van der Waals surface area contributed by atoms with Gasteiger partial charge in [0.15, 0.2) is 5.11 Å². The summed E-state index contributed by atoms with van der Waals surface area (Å²) in [6.07, 6.45) is 3.17. The molecular weight excluding hydrogens is 508 g/mol. The van der Waals surface area contributed by atoms with Crippen molar-refractivity contribution in [1.29, 1.82) is 0 Å². The van der Waals surface area contributed by atoms with Gasteiger partial charge in [-0.15, -0.1) is 0 Å². The van der Waals surface area contributed by atoms with E-state index in [0.29, 0.717) is 63.9 Å². The van der Waals surface area contributed by atoms with Crippen LogP contribution in [0.15, 0.2) is 12.2 Å². The average Bonchev–Trinajstić information content (AvgIpc) is 3.16. The molecule has 1 aliphatic heterocycles. The first-order chi connectivity index (χ1) is 18.2. The minimum absolute atomic E-state index is 0.0648. The lowest BCUT2D eigenvalue weighted by molar-refractivity contribution is -0.136. The molecule has 1 aliphatic rings. The van der Waals surface area contributed by atoms with E-state index in [1.165, 1.54) is 24.0 Å². The van der Waals surface area contributed by atoms with E-state index in [1.54, 1.807) is 0 Å². The largest absolute Gasteiger partial charge is 0.363 e. The van der Waals surface area contributed by atoms with Gasteiger partial charge in [0, 0.05) is 84.5 Å². The third-order valence-electron chi connectivity index (χ3n) is 6.03. The van der Waals surface area contributed by atoms with Crippen molar-refractivity contribution in [3.8, 4) is 0 Å². The molecule has 13 nitrogen and oxygen atoms in total. The Morgan fingerprint density at radius 3 is 1.63 bits per heavy atom. The predicted octanol–water partition coefficient (Wildman–Crippen LogP) is -3.56. The third kappa shape index (κ3) is 12.1. The number of carbonyl (C=O) groups excluding carboxylic acids is 3. The fourth-order valence-electron chi connectivity index (χ4n) is 4.57. The molecule has 0 aromatic rings. The van der Waals surface area contributed by atoms with Gasteiger partial charge >= 0.3 is 0 Å². The molecule has 0 saturated heterocycles. The Morgan fingerprint density at radius 2 is 1.21 bits per heavy atom. The number of rotatable bonds is 21. The van der Waals surface area contributed by atoms with Gasteiger partial charge in [-0.2, -0.15) is 0 Å². The molecule has 9 N–H and O–H groups in total. The summed E-state index contributed by atoms with van der Waals surface area (Å²) in [4.78, 5) is 36.3. The van der Waals surface area contributed by atoms with E-state index in [-0.39, 0.29) is 17.7 Å².